The molecule has 0 radical (unpaired) electrons. The van der Waals surface area contributed by atoms with Crippen LogP contribution in [0.4, 0.5) is 11.5 Å². The summed E-state index contributed by atoms with van der Waals surface area (Å²) < 4.78 is 0. The van der Waals surface area contributed by atoms with Gasteiger partial charge in [-0.15, -0.1) is 12.4 Å². The Bertz CT molecular complexity index is 261. The van der Waals surface area contributed by atoms with E-state index in [1.807, 2.05) is 25.1 Å². The molecule has 0 aromatic carbocycles. The van der Waals surface area contributed by atoms with Crippen molar-refractivity contribution in [2.24, 2.45) is 0 Å². The Kier molecular flexibility index (Phi) is 4.84. The van der Waals surface area contributed by atoms with Crippen LogP contribution in [-0.4, -0.2) is 25.5 Å². The van der Waals surface area contributed by atoms with Gasteiger partial charge < -0.3 is 10.2 Å². The van der Waals surface area contributed by atoms with Crippen LogP contribution < -0.4 is 10.2 Å². The molecule has 1 heterocycles. The Balaban J connectivity index is 0.00000144. The molecule has 1 aromatic rings. The van der Waals surface area contributed by atoms with Crippen LogP contribution in [0.3, 0.4) is 0 Å². The van der Waals surface area contributed by atoms with E-state index in [1.54, 1.807) is 12.3 Å². The van der Waals surface area contributed by atoms with Crippen molar-refractivity contribution in [1.29, 1.82) is 0 Å². The lowest BCUT2D eigenvalue weighted by atomic mass is 10.4. The zero-order chi connectivity index (χ0) is 8.97. The van der Waals surface area contributed by atoms with Crippen molar-refractivity contribution in [1.82, 2.24) is 4.98 Å². The topological polar surface area (TPSA) is 45.2 Å². The summed E-state index contributed by atoms with van der Waals surface area (Å²) in [7, 11) is 3.82. The highest BCUT2D eigenvalue weighted by molar-refractivity contribution is 5.85. The fourth-order valence-electron chi connectivity index (χ4n) is 0.804. The summed E-state index contributed by atoms with van der Waals surface area (Å²) in [5.41, 5.74) is 0.704. The van der Waals surface area contributed by atoms with E-state index in [0.717, 1.165) is 5.82 Å². The third-order valence-electron chi connectivity index (χ3n) is 1.43. The number of halogens is 1. The quantitative estimate of drug-likeness (QED) is 0.746. The number of anilines is 2. The van der Waals surface area contributed by atoms with Crippen molar-refractivity contribution >= 4 is 30.3 Å². The molecule has 0 aliphatic rings. The average Bonchev–Trinajstić information content (AvgIpc) is 2.06. The summed E-state index contributed by atoms with van der Waals surface area (Å²) >= 11 is 0. The predicted molar refractivity (Wildman–Crippen MR) is 55.5 cm³/mol. The molecule has 0 saturated heterocycles. The van der Waals surface area contributed by atoms with Crippen molar-refractivity contribution < 1.29 is 4.79 Å². The van der Waals surface area contributed by atoms with Gasteiger partial charge in [-0.05, 0) is 12.1 Å². The number of rotatable bonds is 3. The van der Waals surface area contributed by atoms with Crippen LogP contribution in [0.1, 0.15) is 0 Å². The Morgan fingerprint density at radius 2 is 2.15 bits per heavy atom. The van der Waals surface area contributed by atoms with Gasteiger partial charge in [0.2, 0.25) is 6.41 Å². The third-order valence-corrected chi connectivity index (χ3v) is 1.43. The summed E-state index contributed by atoms with van der Waals surface area (Å²) in [5.74, 6) is 0.867. The minimum atomic E-state index is 0. The smallest absolute Gasteiger partial charge is 0.211 e. The number of pyridine rings is 1. The minimum absolute atomic E-state index is 0. The van der Waals surface area contributed by atoms with Gasteiger partial charge in [0, 0.05) is 14.1 Å². The second-order valence-corrected chi connectivity index (χ2v) is 2.56. The Hall–Kier alpha value is -1.29. The molecule has 1 aromatic heterocycles. The molecule has 1 amide bonds. The monoisotopic (exact) mass is 201 g/mol. The summed E-state index contributed by atoms with van der Waals surface area (Å²) in [6.07, 6.45) is 2.25. The van der Waals surface area contributed by atoms with Gasteiger partial charge >= 0.3 is 0 Å². The Morgan fingerprint density at radius 1 is 1.46 bits per heavy atom. The van der Waals surface area contributed by atoms with Gasteiger partial charge in [0.1, 0.15) is 5.82 Å². The van der Waals surface area contributed by atoms with E-state index >= 15 is 0 Å². The fourth-order valence-corrected chi connectivity index (χ4v) is 0.804. The van der Waals surface area contributed by atoms with Crippen LogP contribution >= 0.6 is 12.4 Å². The summed E-state index contributed by atoms with van der Waals surface area (Å²) in [4.78, 5) is 16.0. The normalized spacial score (nSPS) is 8.46. The van der Waals surface area contributed by atoms with Crippen molar-refractivity contribution in [2.45, 2.75) is 0 Å². The van der Waals surface area contributed by atoms with Crippen molar-refractivity contribution in [3.8, 4) is 0 Å². The number of nitrogens with zero attached hydrogens (tertiary/aromatic N) is 2. The molecule has 72 valence electrons. The molecule has 1 rings (SSSR count). The molecule has 0 unspecified atom stereocenters. The molecule has 0 atom stereocenters. The van der Waals surface area contributed by atoms with E-state index in [-0.39, 0.29) is 12.4 Å². The van der Waals surface area contributed by atoms with Crippen LogP contribution in [0, 0.1) is 0 Å². The van der Waals surface area contributed by atoms with Gasteiger partial charge in [0.25, 0.3) is 0 Å². The SMILES string of the molecule is CN(C)c1ccc(NC=O)cn1.Cl. The van der Waals surface area contributed by atoms with Crippen LogP contribution in [0.15, 0.2) is 18.3 Å². The molecular weight excluding hydrogens is 190 g/mol. The molecule has 0 aliphatic carbocycles. The van der Waals surface area contributed by atoms with Crippen molar-refractivity contribution in [3.63, 3.8) is 0 Å². The number of nitrogens with one attached hydrogen (secondary N) is 1. The second kappa shape index (κ2) is 5.37. The number of hydrogen-bond acceptors (Lipinski definition) is 3. The van der Waals surface area contributed by atoms with E-state index in [1.165, 1.54) is 0 Å². The van der Waals surface area contributed by atoms with Crippen LogP contribution in [0.5, 0.6) is 0 Å². The van der Waals surface area contributed by atoms with Gasteiger partial charge in [-0.1, -0.05) is 0 Å². The highest BCUT2D eigenvalue weighted by Crippen LogP contribution is 2.10. The maximum atomic E-state index is 10.0. The molecule has 0 saturated carbocycles. The number of carbonyl (C=O) groups excluding carboxylic acids is 1. The van der Waals surface area contributed by atoms with Gasteiger partial charge in [0.05, 0.1) is 11.9 Å². The van der Waals surface area contributed by atoms with E-state index in [4.69, 9.17) is 0 Å². The largest absolute Gasteiger partial charge is 0.363 e. The highest BCUT2D eigenvalue weighted by atomic mass is 35.5. The van der Waals surface area contributed by atoms with Crippen molar-refractivity contribution in [3.05, 3.63) is 18.3 Å². The first kappa shape index (κ1) is 11.7. The number of hydrogen-bond donors (Lipinski definition) is 1. The van der Waals surface area contributed by atoms with E-state index in [0.29, 0.717) is 12.1 Å². The highest BCUT2D eigenvalue weighted by Gasteiger charge is 1.95. The Morgan fingerprint density at radius 3 is 2.54 bits per heavy atom. The van der Waals surface area contributed by atoms with Crippen LogP contribution in [-0.2, 0) is 4.79 Å². The lowest BCUT2D eigenvalue weighted by Gasteiger charge is -2.10. The molecule has 1 N–H and O–H groups in total. The van der Waals surface area contributed by atoms with E-state index in [9.17, 15) is 4.79 Å². The second-order valence-electron chi connectivity index (χ2n) is 2.56. The van der Waals surface area contributed by atoms with Crippen molar-refractivity contribution in [2.75, 3.05) is 24.3 Å². The predicted octanol–water partition coefficient (Wildman–Crippen LogP) is 1.14. The lowest BCUT2D eigenvalue weighted by Crippen LogP contribution is -2.10. The summed E-state index contributed by atoms with van der Waals surface area (Å²) in [6.45, 7) is 0. The van der Waals surface area contributed by atoms with E-state index < -0.39 is 0 Å². The van der Waals surface area contributed by atoms with Gasteiger partial charge in [-0.25, -0.2) is 4.98 Å². The molecule has 5 heteroatoms. The first-order valence-corrected chi connectivity index (χ1v) is 3.57. The molecule has 0 fully saturated rings. The third kappa shape index (κ3) is 3.29. The van der Waals surface area contributed by atoms with Crippen LogP contribution in [0.25, 0.3) is 0 Å². The number of carbonyl (C=O) groups is 1. The molecule has 0 aliphatic heterocycles. The molecule has 0 spiro atoms. The Labute approximate surface area is 83.4 Å². The zero-order valence-corrected chi connectivity index (χ0v) is 8.34. The molecule has 4 nitrogen and oxygen atoms in total. The zero-order valence-electron chi connectivity index (χ0n) is 7.52. The summed E-state index contributed by atoms with van der Waals surface area (Å²) in [5, 5.41) is 2.51. The molecule has 0 bridgehead atoms. The van der Waals surface area contributed by atoms with Gasteiger partial charge in [-0.2, -0.15) is 0 Å². The number of amides is 1. The molecular formula is C8H12ClN3O. The molecule has 13 heavy (non-hydrogen) atoms. The average molecular weight is 202 g/mol. The lowest BCUT2D eigenvalue weighted by molar-refractivity contribution is -0.105. The van der Waals surface area contributed by atoms with Crippen LogP contribution in [0.2, 0.25) is 0 Å². The van der Waals surface area contributed by atoms with Gasteiger partial charge in [-0.3, -0.25) is 4.79 Å². The summed E-state index contributed by atoms with van der Waals surface area (Å²) in [6, 6.07) is 3.64. The first-order valence-electron chi connectivity index (χ1n) is 3.57. The standard InChI is InChI=1S/C8H11N3O.ClH/c1-11(2)8-4-3-7(5-9-8)10-6-12;/h3-6H,1-2H3,(H,10,12);1H. The van der Waals surface area contributed by atoms with Gasteiger partial charge in [0.15, 0.2) is 0 Å². The maximum Gasteiger partial charge on any atom is 0.211 e. The number of aromatic nitrogens is 1. The first-order chi connectivity index (χ1) is 5.74. The fraction of sp³-hybridized carbons (Fsp3) is 0.250. The van der Waals surface area contributed by atoms with E-state index in [2.05, 4.69) is 10.3 Å². The maximum absolute atomic E-state index is 10.0. The minimum Gasteiger partial charge on any atom is -0.363 e.